The smallest absolute Gasteiger partial charge is 0.243 e. The summed E-state index contributed by atoms with van der Waals surface area (Å²) >= 11 is 0. The van der Waals surface area contributed by atoms with Crippen LogP contribution in [0.4, 0.5) is 11.4 Å². The van der Waals surface area contributed by atoms with Crippen molar-refractivity contribution in [1.82, 2.24) is 4.90 Å². The number of likely N-dealkylation sites (tertiary alicyclic amines) is 1. The van der Waals surface area contributed by atoms with Gasteiger partial charge in [-0.2, -0.15) is 0 Å². The number of nitrogens with one attached hydrogen (secondary N) is 1. The lowest BCUT2D eigenvalue weighted by atomic mass is 9.95. The second-order valence-corrected chi connectivity index (χ2v) is 5.65. The van der Waals surface area contributed by atoms with Crippen LogP contribution in [0.15, 0.2) is 24.3 Å². The zero-order valence-electron chi connectivity index (χ0n) is 11.9. The average Bonchev–Trinajstić information content (AvgIpc) is 2.74. The van der Waals surface area contributed by atoms with Gasteiger partial charge in [0.25, 0.3) is 0 Å². The first kappa shape index (κ1) is 14.4. The lowest BCUT2D eigenvalue weighted by Gasteiger charge is -2.17. The van der Waals surface area contributed by atoms with E-state index in [0.717, 1.165) is 0 Å². The van der Waals surface area contributed by atoms with Gasteiger partial charge in [-0.15, -0.1) is 0 Å². The summed E-state index contributed by atoms with van der Waals surface area (Å²) in [5, 5.41) is 2.77. The fourth-order valence-corrected chi connectivity index (χ4v) is 2.34. The number of hydrogen-bond donors (Lipinski definition) is 2. The highest BCUT2D eigenvalue weighted by molar-refractivity contribution is 5.95. The van der Waals surface area contributed by atoms with Gasteiger partial charge in [-0.3, -0.25) is 9.59 Å². The second kappa shape index (κ2) is 5.94. The van der Waals surface area contributed by atoms with E-state index in [1.165, 1.54) is 0 Å². The lowest BCUT2D eigenvalue weighted by molar-refractivity contribution is -0.131. The van der Waals surface area contributed by atoms with E-state index in [1.807, 2.05) is 0 Å². The normalized spacial score (nSPS) is 18.6. The Bertz CT molecular complexity index is 496. The van der Waals surface area contributed by atoms with Crippen LogP contribution in [0.3, 0.4) is 0 Å². The van der Waals surface area contributed by atoms with Crippen LogP contribution in [-0.2, 0) is 9.59 Å². The van der Waals surface area contributed by atoms with Crippen molar-refractivity contribution in [1.29, 1.82) is 0 Å². The molecule has 0 spiro atoms. The van der Waals surface area contributed by atoms with E-state index in [9.17, 15) is 9.59 Å². The molecule has 0 aliphatic carbocycles. The highest BCUT2D eigenvalue weighted by Gasteiger charge is 2.32. The number of anilines is 2. The standard InChI is InChI=1S/C15H21N3O2/c1-10(2)11-7-15(20)18(8-11)9-14(19)17-13-5-3-12(16)4-6-13/h3-6,10-11H,7-9,16H2,1-2H3,(H,17,19). The molecule has 1 aromatic rings. The SMILES string of the molecule is CC(C)C1CC(=O)N(CC(=O)Nc2ccc(N)cc2)C1. The number of rotatable bonds is 4. The lowest BCUT2D eigenvalue weighted by Crippen LogP contribution is -2.34. The number of hydrogen-bond acceptors (Lipinski definition) is 3. The molecule has 108 valence electrons. The summed E-state index contributed by atoms with van der Waals surface area (Å²) in [4.78, 5) is 25.4. The molecule has 1 saturated heterocycles. The van der Waals surface area contributed by atoms with E-state index >= 15 is 0 Å². The van der Waals surface area contributed by atoms with E-state index < -0.39 is 0 Å². The highest BCUT2D eigenvalue weighted by Crippen LogP contribution is 2.24. The molecule has 0 bridgehead atoms. The van der Waals surface area contributed by atoms with E-state index in [1.54, 1.807) is 29.2 Å². The predicted octanol–water partition coefficient (Wildman–Crippen LogP) is 1.71. The van der Waals surface area contributed by atoms with Gasteiger partial charge in [0.2, 0.25) is 11.8 Å². The third-order valence-electron chi connectivity index (χ3n) is 3.72. The van der Waals surface area contributed by atoms with Crippen molar-refractivity contribution in [3.05, 3.63) is 24.3 Å². The number of amides is 2. The van der Waals surface area contributed by atoms with Crippen LogP contribution in [-0.4, -0.2) is 29.8 Å². The van der Waals surface area contributed by atoms with Gasteiger partial charge in [-0.1, -0.05) is 13.8 Å². The fraction of sp³-hybridized carbons (Fsp3) is 0.467. The fourth-order valence-electron chi connectivity index (χ4n) is 2.34. The maximum atomic E-state index is 11.9. The van der Waals surface area contributed by atoms with E-state index in [2.05, 4.69) is 19.2 Å². The van der Waals surface area contributed by atoms with Gasteiger partial charge < -0.3 is 16.0 Å². The summed E-state index contributed by atoms with van der Waals surface area (Å²) in [6.07, 6.45) is 0.548. The third-order valence-corrected chi connectivity index (χ3v) is 3.72. The third kappa shape index (κ3) is 3.50. The number of carbonyl (C=O) groups is 2. The van der Waals surface area contributed by atoms with Crippen LogP contribution in [0.5, 0.6) is 0 Å². The largest absolute Gasteiger partial charge is 0.399 e. The minimum atomic E-state index is -0.174. The summed E-state index contributed by atoms with van der Waals surface area (Å²) in [5.41, 5.74) is 6.93. The van der Waals surface area contributed by atoms with E-state index in [0.29, 0.717) is 36.2 Å². The first-order chi connectivity index (χ1) is 9.45. The molecule has 1 aromatic carbocycles. The van der Waals surface area contributed by atoms with Gasteiger partial charge >= 0.3 is 0 Å². The Morgan fingerprint density at radius 1 is 1.40 bits per heavy atom. The van der Waals surface area contributed by atoms with Crippen LogP contribution in [0, 0.1) is 11.8 Å². The Balaban J connectivity index is 1.89. The van der Waals surface area contributed by atoms with Crippen molar-refractivity contribution in [2.45, 2.75) is 20.3 Å². The van der Waals surface area contributed by atoms with Crippen molar-refractivity contribution in [3.8, 4) is 0 Å². The molecule has 0 saturated carbocycles. The molecule has 1 atom stereocenters. The zero-order chi connectivity index (χ0) is 14.7. The zero-order valence-corrected chi connectivity index (χ0v) is 11.9. The first-order valence-corrected chi connectivity index (χ1v) is 6.89. The Hall–Kier alpha value is -2.04. The highest BCUT2D eigenvalue weighted by atomic mass is 16.2. The second-order valence-electron chi connectivity index (χ2n) is 5.65. The number of nitrogens with two attached hydrogens (primary N) is 1. The molecule has 1 heterocycles. The number of nitrogen functional groups attached to an aromatic ring is 1. The van der Waals surface area contributed by atoms with Crippen molar-refractivity contribution in [3.63, 3.8) is 0 Å². The Labute approximate surface area is 119 Å². The molecule has 0 aromatic heterocycles. The van der Waals surface area contributed by atoms with Gasteiger partial charge in [0.15, 0.2) is 0 Å². The Kier molecular flexibility index (Phi) is 4.27. The molecule has 2 rings (SSSR count). The van der Waals surface area contributed by atoms with Crippen molar-refractivity contribution < 1.29 is 9.59 Å². The van der Waals surface area contributed by atoms with Gasteiger partial charge in [0.1, 0.15) is 0 Å². The molecule has 3 N–H and O–H groups in total. The number of benzene rings is 1. The predicted molar refractivity (Wildman–Crippen MR) is 79.0 cm³/mol. The van der Waals surface area contributed by atoms with Gasteiger partial charge in [-0.25, -0.2) is 0 Å². The minimum Gasteiger partial charge on any atom is -0.399 e. The molecule has 20 heavy (non-hydrogen) atoms. The van der Waals surface area contributed by atoms with Crippen LogP contribution < -0.4 is 11.1 Å². The monoisotopic (exact) mass is 275 g/mol. The van der Waals surface area contributed by atoms with Crippen molar-refractivity contribution in [2.24, 2.45) is 11.8 Å². The molecule has 5 heteroatoms. The van der Waals surface area contributed by atoms with Crippen LogP contribution in [0.1, 0.15) is 20.3 Å². The summed E-state index contributed by atoms with van der Waals surface area (Å²) in [5.74, 6) is 0.708. The van der Waals surface area contributed by atoms with E-state index in [-0.39, 0.29) is 18.4 Å². The van der Waals surface area contributed by atoms with Gasteiger partial charge in [0, 0.05) is 24.3 Å². The molecule has 2 amide bonds. The van der Waals surface area contributed by atoms with Crippen LogP contribution in [0.2, 0.25) is 0 Å². The molecule has 1 aliphatic rings. The topological polar surface area (TPSA) is 75.4 Å². The summed E-state index contributed by atoms with van der Waals surface area (Å²) < 4.78 is 0. The summed E-state index contributed by atoms with van der Waals surface area (Å²) in [7, 11) is 0. The molecular formula is C15H21N3O2. The number of carbonyl (C=O) groups excluding carboxylic acids is 2. The molecule has 5 nitrogen and oxygen atoms in total. The Morgan fingerprint density at radius 3 is 2.60 bits per heavy atom. The van der Waals surface area contributed by atoms with Crippen LogP contribution in [0.25, 0.3) is 0 Å². The quantitative estimate of drug-likeness (QED) is 0.821. The van der Waals surface area contributed by atoms with Gasteiger partial charge in [0.05, 0.1) is 6.54 Å². The van der Waals surface area contributed by atoms with Crippen molar-refractivity contribution >= 4 is 23.2 Å². The summed E-state index contributed by atoms with van der Waals surface area (Å²) in [6, 6.07) is 6.95. The maximum Gasteiger partial charge on any atom is 0.243 e. The molecule has 1 unspecified atom stereocenters. The van der Waals surface area contributed by atoms with Gasteiger partial charge in [-0.05, 0) is 36.1 Å². The van der Waals surface area contributed by atoms with Crippen LogP contribution >= 0.6 is 0 Å². The Morgan fingerprint density at radius 2 is 2.05 bits per heavy atom. The molecular weight excluding hydrogens is 254 g/mol. The first-order valence-electron chi connectivity index (χ1n) is 6.89. The minimum absolute atomic E-state index is 0.0659. The summed E-state index contributed by atoms with van der Waals surface area (Å²) in [6.45, 7) is 5.00. The molecule has 0 radical (unpaired) electrons. The molecule has 1 fully saturated rings. The average molecular weight is 275 g/mol. The van der Waals surface area contributed by atoms with E-state index in [4.69, 9.17) is 5.73 Å². The van der Waals surface area contributed by atoms with Crippen molar-refractivity contribution in [2.75, 3.05) is 24.1 Å². The number of nitrogens with zero attached hydrogens (tertiary/aromatic N) is 1. The maximum absolute atomic E-state index is 11.9. The molecule has 1 aliphatic heterocycles.